The number of hydrogen-bond acceptors (Lipinski definition) is 3. The summed E-state index contributed by atoms with van der Waals surface area (Å²) in [7, 11) is 0. The normalized spacial score (nSPS) is 60.3. The number of fused-ring (bicyclic) bond motifs is 5. The van der Waals surface area contributed by atoms with Crippen molar-refractivity contribution in [2.45, 2.75) is 89.5 Å². The van der Waals surface area contributed by atoms with Crippen molar-refractivity contribution >= 4 is 5.78 Å². The summed E-state index contributed by atoms with van der Waals surface area (Å²) in [5.74, 6) is 0.227. The number of alkyl halides is 1. The number of aliphatic hydroxyl groups is 2. The van der Waals surface area contributed by atoms with Crippen LogP contribution < -0.4 is 0 Å². The number of carbonyl (C=O) groups is 1. The second-order valence-corrected chi connectivity index (χ2v) is 9.87. The second-order valence-electron chi connectivity index (χ2n) is 9.87. The van der Waals surface area contributed by atoms with Crippen LogP contribution in [0.1, 0.15) is 72.1 Å². The summed E-state index contributed by atoms with van der Waals surface area (Å²) < 4.78 is 16.7. The lowest BCUT2D eigenvalue weighted by Gasteiger charge is -2.65. The number of hydrogen-bond donors (Lipinski definition) is 2. The standard InChI is InChI=1S/C20H31FO3/c1-17-8-6-13(22)10-12(17)4-5-15-14-7-9-19(3,24)18(14,2)11-16(23)20(15,17)21/h12,14-16,23-24H,4-11H2,1-3H3/t12-,14-,15+,16-,17-,18+,19-,20-/m1/s1. The van der Waals surface area contributed by atoms with Crippen LogP contribution in [0.3, 0.4) is 0 Å². The Labute approximate surface area is 144 Å². The summed E-state index contributed by atoms with van der Waals surface area (Å²) in [5.41, 5.74) is -3.49. The number of carbonyl (C=O) groups excluding carboxylic acids is 1. The molecule has 0 radical (unpaired) electrons. The molecular weight excluding hydrogens is 307 g/mol. The molecule has 0 aromatic carbocycles. The molecule has 4 fully saturated rings. The molecule has 0 aliphatic heterocycles. The molecule has 0 unspecified atom stereocenters. The highest BCUT2D eigenvalue weighted by molar-refractivity contribution is 5.79. The van der Waals surface area contributed by atoms with E-state index in [1.54, 1.807) is 0 Å². The molecule has 0 spiro atoms. The molecule has 0 aromatic rings. The maximum atomic E-state index is 16.7. The van der Waals surface area contributed by atoms with Gasteiger partial charge < -0.3 is 10.2 Å². The Bertz CT molecular complexity index is 575. The van der Waals surface area contributed by atoms with Crippen LogP contribution in [0.5, 0.6) is 0 Å². The second kappa shape index (κ2) is 4.82. The first-order chi connectivity index (χ1) is 11.1. The molecule has 0 bridgehead atoms. The highest BCUT2D eigenvalue weighted by Gasteiger charge is 2.73. The third-order valence-corrected chi connectivity index (χ3v) is 9.12. The van der Waals surface area contributed by atoms with Crippen LogP contribution in [0.25, 0.3) is 0 Å². The number of halogens is 1. The Morgan fingerprint density at radius 3 is 2.46 bits per heavy atom. The van der Waals surface area contributed by atoms with E-state index in [1.165, 1.54) is 0 Å². The smallest absolute Gasteiger partial charge is 0.145 e. The zero-order valence-corrected chi connectivity index (χ0v) is 15.1. The van der Waals surface area contributed by atoms with Gasteiger partial charge in [0.2, 0.25) is 0 Å². The van der Waals surface area contributed by atoms with Crippen LogP contribution in [0.4, 0.5) is 4.39 Å². The van der Waals surface area contributed by atoms with Gasteiger partial charge in [-0.1, -0.05) is 13.8 Å². The van der Waals surface area contributed by atoms with Crippen LogP contribution in [-0.2, 0) is 4.79 Å². The topological polar surface area (TPSA) is 57.5 Å². The summed E-state index contributed by atoms with van der Waals surface area (Å²) in [6.45, 7) is 5.89. The van der Waals surface area contributed by atoms with Gasteiger partial charge in [-0.2, -0.15) is 0 Å². The van der Waals surface area contributed by atoms with Gasteiger partial charge in [-0.3, -0.25) is 4.79 Å². The number of rotatable bonds is 0. The summed E-state index contributed by atoms with van der Waals surface area (Å²) in [6, 6.07) is 0. The molecule has 0 amide bonds. The van der Waals surface area contributed by atoms with Crippen molar-refractivity contribution < 1.29 is 19.4 Å². The molecule has 4 saturated carbocycles. The zero-order chi connectivity index (χ0) is 17.5. The van der Waals surface area contributed by atoms with E-state index in [1.807, 2.05) is 20.8 Å². The lowest BCUT2D eigenvalue weighted by Crippen LogP contribution is -2.70. The van der Waals surface area contributed by atoms with Crippen molar-refractivity contribution in [3.8, 4) is 0 Å². The first-order valence-corrected chi connectivity index (χ1v) is 9.67. The molecule has 3 nitrogen and oxygen atoms in total. The van der Waals surface area contributed by atoms with Gasteiger partial charge in [0.05, 0.1) is 11.7 Å². The predicted octanol–water partition coefficient (Wildman–Crippen LogP) is 3.41. The molecule has 4 heteroatoms. The van der Waals surface area contributed by atoms with Gasteiger partial charge in [-0.05, 0) is 63.2 Å². The lowest BCUT2D eigenvalue weighted by atomic mass is 9.42. The molecule has 24 heavy (non-hydrogen) atoms. The minimum atomic E-state index is -1.62. The third kappa shape index (κ3) is 1.77. The highest BCUT2D eigenvalue weighted by atomic mass is 19.1. The van der Waals surface area contributed by atoms with E-state index in [9.17, 15) is 15.0 Å². The first-order valence-electron chi connectivity index (χ1n) is 9.67. The van der Waals surface area contributed by atoms with Crippen LogP contribution >= 0.6 is 0 Å². The van der Waals surface area contributed by atoms with Crippen molar-refractivity contribution in [1.29, 1.82) is 0 Å². The third-order valence-electron chi connectivity index (χ3n) is 9.12. The largest absolute Gasteiger partial charge is 0.390 e. The molecular formula is C20H31FO3. The van der Waals surface area contributed by atoms with E-state index in [4.69, 9.17) is 0 Å². The van der Waals surface area contributed by atoms with E-state index in [2.05, 4.69) is 0 Å². The summed E-state index contributed by atoms with van der Waals surface area (Å²) >= 11 is 0. The van der Waals surface area contributed by atoms with Gasteiger partial charge in [0.25, 0.3) is 0 Å². The van der Waals surface area contributed by atoms with Gasteiger partial charge in [-0.25, -0.2) is 4.39 Å². The Morgan fingerprint density at radius 2 is 1.75 bits per heavy atom. The van der Waals surface area contributed by atoms with Crippen LogP contribution in [0.2, 0.25) is 0 Å². The summed E-state index contributed by atoms with van der Waals surface area (Å²) in [5, 5.41) is 21.9. The van der Waals surface area contributed by atoms with E-state index in [0.717, 1.165) is 19.3 Å². The van der Waals surface area contributed by atoms with Crippen LogP contribution in [-0.4, -0.2) is 33.4 Å². The minimum absolute atomic E-state index is 0.0564. The SMILES string of the molecule is C[C@]12C[C@@H](O)[C@]3(F)[C@@H](CC[C@@H]4CC(=O)CC[C@]43C)[C@H]1CC[C@@]2(C)O. The van der Waals surface area contributed by atoms with Gasteiger partial charge in [0, 0.05) is 23.7 Å². The van der Waals surface area contributed by atoms with Crippen LogP contribution in [0, 0.1) is 28.6 Å². The van der Waals surface area contributed by atoms with Gasteiger partial charge >= 0.3 is 0 Å². The van der Waals surface area contributed by atoms with E-state index in [0.29, 0.717) is 32.1 Å². The molecule has 0 saturated heterocycles. The minimum Gasteiger partial charge on any atom is -0.390 e. The van der Waals surface area contributed by atoms with Gasteiger partial charge in [0.15, 0.2) is 0 Å². The van der Waals surface area contributed by atoms with Gasteiger partial charge in [-0.15, -0.1) is 0 Å². The van der Waals surface area contributed by atoms with Crippen LogP contribution in [0.15, 0.2) is 0 Å². The fourth-order valence-electron chi connectivity index (χ4n) is 7.27. The quantitative estimate of drug-likeness (QED) is 0.711. The molecule has 4 rings (SSSR count). The highest BCUT2D eigenvalue weighted by Crippen LogP contribution is 2.70. The van der Waals surface area contributed by atoms with Crippen molar-refractivity contribution in [3.63, 3.8) is 0 Å². The summed E-state index contributed by atoms with van der Waals surface area (Å²) in [4.78, 5) is 11.9. The molecule has 0 heterocycles. The maximum Gasteiger partial charge on any atom is 0.145 e. The number of aliphatic hydroxyl groups excluding tert-OH is 1. The molecule has 4 aliphatic rings. The Balaban J connectivity index is 1.77. The van der Waals surface area contributed by atoms with E-state index in [-0.39, 0.29) is 23.5 Å². The number of ketones is 1. The molecule has 136 valence electrons. The maximum absolute atomic E-state index is 16.7. The Hall–Kier alpha value is -0.480. The average molecular weight is 338 g/mol. The fourth-order valence-corrected chi connectivity index (χ4v) is 7.27. The predicted molar refractivity (Wildman–Crippen MR) is 89.1 cm³/mol. The van der Waals surface area contributed by atoms with Crippen molar-refractivity contribution in [3.05, 3.63) is 0 Å². The average Bonchev–Trinajstić information content (AvgIpc) is 2.72. The summed E-state index contributed by atoms with van der Waals surface area (Å²) in [6.07, 6.45) is 3.89. The Kier molecular flexibility index (Phi) is 3.41. The number of Topliss-reactive ketones (excluding diaryl/α,β-unsaturated/α-hetero) is 1. The first kappa shape index (κ1) is 17.0. The molecule has 0 aromatic heterocycles. The van der Waals surface area contributed by atoms with Crippen molar-refractivity contribution in [2.75, 3.05) is 0 Å². The van der Waals surface area contributed by atoms with E-state index < -0.39 is 28.2 Å². The fraction of sp³-hybridized carbons (Fsp3) is 0.950. The molecule has 2 N–H and O–H groups in total. The molecule has 4 aliphatic carbocycles. The Morgan fingerprint density at radius 1 is 1.04 bits per heavy atom. The lowest BCUT2D eigenvalue weighted by molar-refractivity contribution is -0.254. The monoisotopic (exact) mass is 338 g/mol. The zero-order valence-electron chi connectivity index (χ0n) is 15.1. The molecule has 8 atom stereocenters. The van der Waals surface area contributed by atoms with Gasteiger partial charge in [0.1, 0.15) is 11.5 Å². The van der Waals surface area contributed by atoms with Crippen molar-refractivity contribution in [1.82, 2.24) is 0 Å². The van der Waals surface area contributed by atoms with E-state index >= 15 is 4.39 Å². The van der Waals surface area contributed by atoms with Crippen molar-refractivity contribution in [2.24, 2.45) is 28.6 Å².